The lowest BCUT2D eigenvalue weighted by molar-refractivity contribution is -0.134. The monoisotopic (exact) mass is 299 g/mol. The van der Waals surface area contributed by atoms with E-state index in [1.165, 1.54) is 24.8 Å². The fourth-order valence-corrected chi connectivity index (χ4v) is 4.90. The van der Waals surface area contributed by atoms with Gasteiger partial charge < -0.3 is 9.80 Å². The van der Waals surface area contributed by atoms with Crippen LogP contribution in [0.4, 0.5) is 5.69 Å². The molecule has 0 bridgehead atoms. The first-order chi connectivity index (χ1) is 10.5. The summed E-state index contributed by atoms with van der Waals surface area (Å²) < 4.78 is 0. The molecule has 1 aromatic rings. The molecule has 2 fully saturated rings. The van der Waals surface area contributed by atoms with Crippen molar-refractivity contribution in [3.05, 3.63) is 29.8 Å². The number of anilines is 1. The number of nitrogens with zero attached hydrogens (tertiary/aromatic N) is 2. The first-order valence-corrected chi connectivity index (χ1v) is 8.43. The van der Waals surface area contributed by atoms with Gasteiger partial charge in [-0.1, -0.05) is 37.5 Å². The maximum absolute atomic E-state index is 13.3. The third-order valence-corrected chi connectivity index (χ3v) is 6.32. The van der Waals surface area contributed by atoms with E-state index < -0.39 is 5.66 Å². The molecule has 4 rings (SSSR count). The Morgan fingerprint density at radius 1 is 1.18 bits per heavy atom. The minimum absolute atomic E-state index is 0.112. The zero-order chi connectivity index (χ0) is 15.5. The second kappa shape index (κ2) is 4.48. The van der Waals surface area contributed by atoms with E-state index in [1.54, 1.807) is 0 Å². The van der Waals surface area contributed by atoms with Crippen LogP contribution in [0, 0.1) is 0 Å². The third kappa shape index (κ3) is 1.49. The maximum Gasteiger partial charge on any atom is 0.264 e. The molecule has 4 heteroatoms. The molecule has 1 saturated carbocycles. The summed E-state index contributed by atoms with van der Waals surface area (Å²) in [5.74, 6) is 0.112. The van der Waals surface area contributed by atoms with E-state index in [9.17, 15) is 4.79 Å². The molecule has 1 amide bonds. The van der Waals surface area contributed by atoms with Crippen molar-refractivity contribution in [2.24, 2.45) is 5.73 Å². The number of para-hydroxylation sites is 1. The van der Waals surface area contributed by atoms with Gasteiger partial charge in [-0.3, -0.25) is 10.5 Å². The number of likely N-dealkylation sites (tertiary alicyclic amines) is 1. The van der Waals surface area contributed by atoms with Gasteiger partial charge in [0.05, 0.1) is 5.41 Å². The van der Waals surface area contributed by atoms with Crippen molar-refractivity contribution in [1.29, 1.82) is 0 Å². The highest BCUT2D eigenvalue weighted by atomic mass is 16.2. The molecule has 1 aliphatic carbocycles. The Labute approximate surface area is 132 Å². The smallest absolute Gasteiger partial charge is 0.264 e. The van der Waals surface area contributed by atoms with Crippen LogP contribution in [0.15, 0.2) is 24.3 Å². The molecule has 22 heavy (non-hydrogen) atoms. The molecule has 2 N–H and O–H groups in total. The molecule has 118 valence electrons. The molecule has 2 heterocycles. The van der Waals surface area contributed by atoms with Crippen LogP contribution >= 0.6 is 0 Å². The summed E-state index contributed by atoms with van der Waals surface area (Å²) in [5.41, 5.74) is 7.82. The summed E-state index contributed by atoms with van der Waals surface area (Å²) in [6, 6.07) is 8.66. The van der Waals surface area contributed by atoms with Crippen LogP contribution in [0.1, 0.15) is 44.6 Å². The summed E-state index contributed by atoms with van der Waals surface area (Å²) in [7, 11) is 1.96. The maximum atomic E-state index is 13.3. The van der Waals surface area contributed by atoms with Gasteiger partial charge in [0.25, 0.3) is 5.91 Å². The van der Waals surface area contributed by atoms with Crippen LogP contribution in [0.3, 0.4) is 0 Å². The van der Waals surface area contributed by atoms with Gasteiger partial charge in [0.1, 0.15) is 0 Å². The summed E-state index contributed by atoms with van der Waals surface area (Å²) >= 11 is 0. The highest BCUT2D eigenvalue weighted by Crippen LogP contribution is 2.53. The first kappa shape index (κ1) is 14.1. The number of fused-ring (bicyclic) bond motifs is 3. The number of rotatable bonds is 1. The normalized spacial score (nSPS) is 35.0. The molecule has 0 radical (unpaired) electrons. The van der Waals surface area contributed by atoms with Gasteiger partial charge in [-0.2, -0.15) is 0 Å². The van der Waals surface area contributed by atoms with Gasteiger partial charge in [0, 0.05) is 25.3 Å². The number of benzene rings is 1. The van der Waals surface area contributed by atoms with Gasteiger partial charge in [0.2, 0.25) is 0 Å². The van der Waals surface area contributed by atoms with E-state index in [1.807, 2.05) is 18.0 Å². The Bertz CT molecular complexity index is 625. The van der Waals surface area contributed by atoms with Crippen LogP contribution in [-0.2, 0) is 10.2 Å². The predicted molar refractivity (Wildman–Crippen MR) is 87.7 cm³/mol. The largest absolute Gasteiger partial charge is 0.348 e. The van der Waals surface area contributed by atoms with E-state index in [2.05, 4.69) is 30.0 Å². The third-order valence-electron chi connectivity index (χ3n) is 6.32. The number of hydrogen-bond donors (Lipinski definition) is 1. The van der Waals surface area contributed by atoms with Crippen molar-refractivity contribution < 1.29 is 4.79 Å². The Morgan fingerprint density at radius 2 is 1.86 bits per heavy atom. The molecular formula is C18H25N3O. The van der Waals surface area contributed by atoms with Gasteiger partial charge in [-0.15, -0.1) is 0 Å². The van der Waals surface area contributed by atoms with Crippen molar-refractivity contribution in [3.8, 4) is 0 Å². The SMILES string of the molecule is CN1c2ccccc2[C@]2(C)CN(C3CCCCC3)C(=O)[C@@]12N. The summed E-state index contributed by atoms with van der Waals surface area (Å²) in [4.78, 5) is 17.3. The van der Waals surface area contributed by atoms with Crippen LogP contribution in [0.2, 0.25) is 0 Å². The topological polar surface area (TPSA) is 49.6 Å². The van der Waals surface area contributed by atoms with Crippen molar-refractivity contribution in [1.82, 2.24) is 4.90 Å². The van der Waals surface area contributed by atoms with Gasteiger partial charge >= 0.3 is 0 Å². The van der Waals surface area contributed by atoms with Crippen LogP contribution in [0.5, 0.6) is 0 Å². The quantitative estimate of drug-likeness (QED) is 0.865. The van der Waals surface area contributed by atoms with E-state index in [4.69, 9.17) is 5.73 Å². The fraction of sp³-hybridized carbons (Fsp3) is 0.611. The number of nitrogens with two attached hydrogens (primary N) is 1. The number of amides is 1. The van der Waals surface area contributed by atoms with Crippen molar-refractivity contribution in [2.45, 2.75) is 56.1 Å². The van der Waals surface area contributed by atoms with E-state index in [-0.39, 0.29) is 11.3 Å². The standard InChI is InChI=1S/C18H25N3O/c1-17-12-21(13-8-4-3-5-9-13)16(22)18(17,19)20(2)15-11-7-6-10-14(15)17/h6-7,10-11,13H,3-5,8-9,12,19H2,1-2H3/t17-,18+/m0/s1. The number of carbonyl (C=O) groups excluding carboxylic acids is 1. The van der Waals surface area contributed by atoms with Gasteiger partial charge in [0.15, 0.2) is 5.66 Å². The minimum Gasteiger partial charge on any atom is -0.348 e. The molecule has 0 spiro atoms. The average Bonchev–Trinajstić information content (AvgIpc) is 2.87. The number of carbonyl (C=O) groups is 1. The Balaban J connectivity index is 1.78. The lowest BCUT2D eigenvalue weighted by Crippen LogP contribution is -2.65. The lowest BCUT2D eigenvalue weighted by atomic mass is 9.77. The van der Waals surface area contributed by atoms with Crippen LogP contribution < -0.4 is 10.6 Å². The molecule has 4 nitrogen and oxygen atoms in total. The molecule has 1 aromatic carbocycles. The molecule has 3 aliphatic rings. The highest BCUT2D eigenvalue weighted by Gasteiger charge is 2.67. The van der Waals surface area contributed by atoms with Crippen molar-refractivity contribution in [3.63, 3.8) is 0 Å². The average molecular weight is 299 g/mol. The lowest BCUT2D eigenvalue weighted by Gasteiger charge is -2.37. The zero-order valence-electron chi connectivity index (χ0n) is 13.5. The van der Waals surface area contributed by atoms with E-state index >= 15 is 0 Å². The summed E-state index contributed by atoms with van der Waals surface area (Å²) in [5, 5.41) is 0. The number of likely N-dealkylation sites (N-methyl/N-ethyl adjacent to an activating group) is 1. The summed E-state index contributed by atoms with van der Waals surface area (Å²) in [6.45, 7) is 2.91. The second-order valence-electron chi connectivity index (χ2n) is 7.40. The van der Waals surface area contributed by atoms with Gasteiger partial charge in [-0.25, -0.2) is 0 Å². The first-order valence-electron chi connectivity index (χ1n) is 8.43. The van der Waals surface area contributed by atoms with E-state index in [0.29, 0.717) is 6.04 Å². The number of hydrogen-bond acceptors (Lipinski definition) is 3. The Hall–Kier alpha value is -1.55. The Morgan fingerprint density at radius 3 is 2.59 bits per heavy atom. The Kier molecular flexibility index (Phi) is 2.86. The van der Waals surface area contributed by atoms with Crippen molar-refractivity contribution >= 4 is 11.6 Å². The molecule has 1 saturated heterocycles. The van der Waals surface area contributed by atoms with E-state index in [0.717, 1.165) is 25.1 Å². The molecule has 0 aromatic heterocycles. The minimum atomic E-state index is -0.936. The molecule has 2 aliphatic heterocycles. The molecule has 2 atom stereocenters. The second-order valence-corrected chi connectivity index (χ2v) is 7.40. The van der Waals surface area contributed by atoms with Crippen molar-refractivity contribution in [2.75, 3.05) is 18.5 Å². The van der Waals surface area contributed by atoms with Gasteiger partial charge in [-0.05, 0) is 31.4 Å². The summed E-state index contributed by atoms with van der Waals surface area (Å²) in [6.07, 6.45) is 6.02. The van der Waals surface area contributed by atoms with Crippen LogP contribution in [0.25, 0.3) is 0 Å². The predicted octanol–water partition coefficient (Wildman–Crippen LogP) is 2.22. The molecular weight excluding hydrogens is 274 g/mol. The zero-order valence-corrected chi connectivity index (χ0v) is 13.5. The fourth-order valence-electron chi connectivity index (χ4n) is 4.90. The molecule has 0 unspecified atom stereocenters. The van der Waals surface area contributed by atoms with Crippen LogP contribution in [-0.4, -0.2) is 36.1 Å². The highest BCUT2D eigenvalue weighted by molar-refractivity contribution is 5.98.